The predicted molar refractivity (Wildman–Crippen MR) is 60.7 cm³/mol. The van der Waals surface area contributed by atoms with Crippen molar-refractivity contribution in [1.82, 2.24) is 20.1 Å². The van der Waals surface area contributed by atoms with Crippen molar-refractivity contribution in [2.24, 2.45) is 0 Å². The fourth-order valence-electron chi connectivity index (χ4n) is 1.31. The average Bonchev–Trinajstić information content (AvgIpc) is 2.99. The molecule has 2 aromatic heterocycles. The molecule has 0 aliphatic carbocycles. The molecule has 0 aliphatic rings. The molecule has 0 saturated carbocycles. The van der Waals surface area contributed by atoms with Crippen LogP contribution >= 0.6 is 0 Å². The molecule has 2 N–H and O–H groups in total. The maximum Gasteiger partial charge on any atom is 0.289 e. The van der Waals surface area contributed by atoms with Crippen molar-refractivity contribution < 1.29 is 14.0 Å². The summed E-state index contributed by atoms with van der Waals surface area (Å²) in [6.07, 6.45) is 2.67. The van der Waals surface area contributed by atoms with Crippen molar-refractivity contribution in [3.63, 3.8) is 0 Å². The molecule has 0 radical (unpaired) electrons. The van der Waals surface area contributed by atoms with Gasteiger partial charge in [0.05, 0.1) is 6.26 Å². The normalized spacial score (nSPS) is 10.1. The summed E-state index contributed by atoms with van der Waals surface area (Å²) in [6, 6.07) is 3.14. The van der Waals surface area contributed by atoms with Crippen LogP contribution in [0, 0.1) is 0 Å². The van der Waals surface area contributed by atoms with Crippen LogP contribution in [0.25, 0.3) is 0 Å². The fraction of sp³-hybridized carbons (Fsp3) is 0.200. The SMILES string of the molecule is CN(CC(=O)Nc1ncn[nH]1)C(=O)c1ccco1. The number of furan rings is 1. The standard InChI is InChI=1S/C10H11N5O3/c1-15(9(17)7-3-2-4-18-7)5-8(16)13-10-11-6-12-14-10/h2-4,6H,5H2,1H3,(H2,11,12,13,14,16). The van der Waals surface area contributed by atoms with Gasteiger partial charge in [0, 0.05) is 7.05 Å². The van der Waals surface area contributed by atoms with Gasteiger partial charge in [-0.25, -0.2) is 5.10 Å². The van der Waals surface area contributed by atoms with E-state index in [1.807, 2.05) is 0 Å². The van der Waals surface area contributed by atoms with Crippen molar-refractivity contribution >= 4 is 17.8 Å². The maximum atomic E-state index is 11.8. The van der Waals surface area contributed by atoms with Gasteiger partial charge in [0.1, 0.15) is 12.9 Å². The second kappa shape index (κ2) is 5.13. The van der Waals surface area contributed by atoms with E-state index in [1.165, 1.54) is 30.6 Å². The second-order valence-corrected chi connectivity index (χ2v) is 3.52. The zero-order chi connectivity index (χ0) is 13.0. The molecule has 18 heavy (non-hydrogen) atoms. The minimum atomic E-state index is -0.380. The molecule has 0 spiro atoms. The van der Waals surface area contributed by atoms with Crippen LogP contribution in [0.3, 0.4) is 0 Å². The Hall–Kier alpha value is -2.64. The lowest BCUT2D eigenvalue weighted by atomic mass is 10.4. The van der Waals surface area contributed by atoms with E-state index in [9.17, 15) is 9.59 Å². The first-order valence-corrected chi connectivity index (χ1v) is 5.11. The molecule has 2 rings (SSSR count). The van der Waals surface area contributed by atoms with Crippen molar-refractivity contribution in [2.75, 3.05) is 18.9 Å². The summed E-state index contributed by atoms with van der Waals surface area (Å²) in [5.41, 5.74) is 0. The molecule has 94 valence electrons. The van der Waals surface area contributed by atoms with E-state index >= 15 is 0 Å². The Morgan fingerprint density at radius 2 is 2.39 bits per heavy atom. The van der Waals surface area contributed by atoms with Gasteiger partial charge in [-0.05, 0) is 12.1 Å². The molecule has 2 heterocycles. The monoisotopic (exact) mass is 249 g/mol. The molecule has 8 nitrogen and oxygen atoms in total. The van der Waals surface area contributed by atoms with E-state index in [4.69, 9.17) is 4.42 Å². The summed E-state index contributed by atoms with van der Waals surface area (Å²) in [7, 11) is 1.50. The van der Waals surface area contributed by atoms with Crippen molar-refractivity contribution in [3.8, 4) is 0 Å². The number of amides is 2. The summed E-state index contributed by atoms with van der Waals surface area (Å²) in [5, 5.41) is 8.53. The Bertz CT molecular complexity index is 520. The van der Waals surface area contributed by atoms with Gasteiger partial charge in [-0.2, -0.15) is 10.1 Å². The van der Waals surface area contributed by atoms with E-state index in [-0.39, 0.29) is 30.1 Å². The van der Waals surface area contributed by atoms with Crippen molar-refractivity contribution in [2.45, 2.75) is 0 Å². The van der Waals surface area contributed by atoms with Crippen LogP contribution in [0.2, 0.25) is 0 Å². The third-order valence-corrected chi connectivity index (χ3v) is 2.13. The van der Waals surface area contributed by atoms with E-state index in [2.05, 4.69) is 20.5 Å². The minimum absolute atomic E-state index is 0.111. The van der Waals surface area contributed by atoms with Gasteiger partial charge in [0.15, 0.2) is 5.76 Å². The summed E-state index contributed by atoms with van der Waals surface area (Å²) < 4.78 is 4.95. The highest BCUT2D eigenvalue weighted by Crippen LogP contribution is 2.04. The fourth-order valence-corrected chi connectivity index (χ4v) is 1.31. The van der Waals surface area contributed by atoms with Gasteiger partial charge in [-0.15, -0.1) is 0 Å². The summed E-state index contributed by atoms with van der Waals surface area (Å²) in [6.45, 7) is -0.111. The number of hydrogen-bond donors (Lipinski definition) is 2. The molecule has 0 unspecified atom stereocenters. The van der Waals surface area contributed by atoms with Crippen molar-refractivity contribution in [3.05, 3.63) is 30.5 Å². The zero-order valence-corrected chi connectivity index (χ0v) is 9.58. The third-order valence-electron chi connectivity index (χ3n) is 2.13. The number of hydrogen-bond acceptors (Lipinski definition) is 5. The molecule has 0 atom stereocenters. The molecular formula is C10H11N5O3. The topological polar surface area (TPSA) is 104 Å². The first-order valence-electron chi connectivity index (χ1n) is 5.11. The quantitative estimate of drug-likeness (QED) is 0.800. The lowest BCUT2D eigenvalue weighted by Gasteiger charge is -2.14. The number of carbonyl (C=O) groups excluding carboxylic acids is 2. The second-order valence-electron chi connectivity index (χ2n) is 3.52. The average molecular weight is 249 g/mol. The number of carbonyl (C=O) groups is 2. The van der Waals surface area contributed by atoms with Crippen LogP contribution in [0.15, 0.2) is 29.1 Å². The van der Waals surface area contributed by atoms with Crippen LogP contribution < -0.4 is 5.32 Å². The number of aromatic amines is 1. The van der Waals surface area contributed by atoms with Crippen LogP contribution in [0.4, 0.5) is 5.95 Å². The number of anilines is 1. The molecule has 0 aliphatic heterocycles. The van der Waals surface area contributed by atoms with Gasteiger partial charge >= 0.3 is 0 Å². The van der Waals surface area contributed by atoms with Crippen LogP contribution in [0.5, 0.6) is 0 Å². The Balaban J connectivity index is 1.89. The van der Waals surface area contributed by atoms with E-state index in [0.717, 1.165) is 0 Å². The van der Waals surface area contributed by atoms with E-state index in [0.29, 0.717) is 0 Å². The molecule has 0 bridgehead atoms. The van der Waals surface area contributed by atoms with Crippen LogP contribution in [-0.4, -0.2) is 45.5 Å². The number of rotatable bonds is 4. The lowest BCUT2D eigenvalue weighted by molar-refractivity contribution is -0.116. The van der Waals surface area contributed by atoms with Gasteiger partial charge in [0.25, 0.3) is 5.91 Å². The molecule has 0 fully saturated rings. The summed E-state index contributed by atoms with van der Waals surface area (Å²) >= 11 is 0. The van der Waals surface area contributed by atoms with Gasteiger partial charge < -0.3 is 9.32 Å². The van der Waals surface area contributed by atoms with Gasteiger partial charge in [0.2, 0.25) is 11.9 Å². The minimum Gasteiger partial charge on any atom is -0.459 e. The molecule has 0 saturated heterocycles. The highest BCUT2D eigenvalue weighted by Gasteiger charge is 2.17. The molecule has 0 aromatic carbocycles. The number of likely N-dealkylation sites (N-methyl/N-ethyl adjacent to an activating group) is 1. The number of H-pyrrole nitrogens is 1. The largest absolute Gasteiger partial charge is 0.459 e. The highest BCUT2D eigenvalue weighted by molar-refractivity contribution is 5.97. The van der Waals surface area contributed by atoms with Crippen molar-refractivity contribution in [1.29, 1.82) is 0 Å². The summed E-state index contributed by atoms with van der Waals surface area (Å²) in [4.78, 5) is 28.3. The Morgan fingerprint density at radius 3 is 3.00 bits per heavy atom. The smallest absolute Gasteiger partial charge is 0.289 e. The van der Waals surface area contributed by atoms with E-state index in [1.54, 1.807) is 6.07 Å². The van der Waals surface area contributed by atoms with Crippen LogP contribution in [-0.2, 0) is 4.79 Å². The first kappa shape index (κ1) is 11.8. The number of aromatic nitrogens is 3. The molecular weight excluding hydrogens is 238 g/mol. The maximum absolute atomic E-state index is 11.8. The third kappa shape index (κ3) is 2.73. The zero-order valence-electron chi connectivity index (χ0n) is 9.58. The predicted octanol–water partition coefficient (Wildman–Crippen LogP) is 0.108. The molecule has 2 aromatic rings. The van der Waals surface area contributed by atoms with Gasteiger partial charge in [-0.1, -0.05) is 0 Å². The number of nitrogens with one attached hydrogen (secondary N) is 2. The Kier molecular flexibility index (Phi) is 3.37. The highest BCUT2D eigenvalue weighted by atomic mass is 16.3. The van der Waals surface area contributed by atoms with Gasteiger partial charge in [-0.3, -0.25) is 14.9 Å². The molecule has 8 heteroatoms. The number of nitrogens with zero attached hydrogens (tertiary/aromatic N) is 3. The molecule has 2 amide bonds. The summed E-state index contributed by atoms with van der Waals surface area (Å²) in [5.74, 6) is -0.328. The Morgan fingerprint density at radius 1 is 1.56 bits per heavy atom. The van der Waals surface area contributed by atoms with E-state index < -0.39 is 0 Å². The first-order chi connectivity index (χ1) is 8.66. The Labute approximate surface area is 102 Å². The van der Waals surface area contributed by atoms with Crippen LogP contribution in [0.1, 0.15) is 10.6 Å². The lowest BCUT2D eigenvalue weighted by Crippen LogP contribution is -2.34.